The molecule has 0 aliphatic heterocycles. The molecule has 0 spiro atoms. The molecule has 3 aromatic rings. The molecule has 7 heteroatoms. The SMILES string of the molecule is CS(=O)(=O)Cc1cc(F)cc2c(C(c3ccc(Cl)cc3)C3CC3C#N)c[nH]c12. The molecule has 4 rings (SSSR count). The van der Waals surface area contributed by atoms with E-state index in [1.807, 2.05) is 18.3 Å². The Morgan fingerprint density at radius 2 is 2.04 bits per heavy atom. The van der Waals surface area contributed by atoms with E-state index in [9.17, 15) is 18.1 Å². The van der Waals surface area contributed by atoms with Gasteiger partial charge in [0.05, 0.1) is 23.3 Å². The largest absolute Gasteiger partial charge is 0.361 e. The highest BCUT2D eigenvalue weighted by Gasteiger charge is 2.45. The number of nitrogens with zero attached hydrogens (tertiary/aromatic N) is 1. The predicted octanol–water partition coefficient (Wildman–Crippen LogP) is 4.80. The van der Waals surface area contributed by atoms with Crippen molar-refractivity contribution in [1.82, 2.24) is 4.98 Å². The number of benzene rings is 2. The third-order valence-corrected chi connectivity index (χ3v) is 6.37. The summed E-state index contributed by atoms with van der Waals surface area (Å²) in [5, 5.41) is 10.6. The van der Waals surface area contributed by atoms with Crippen LogP contribution >= 0.6 is 11.6 Å². The van der Waals surface area contributed by atoms with Gasteiger partial charge in [-0.3, -0.25) is 0 Å². The number of aromatic amines is 1. The van der Waals surface area contributed by atoms with Crippen LogP contribution in [0.4, 0.5) is 4.39 Å². The van der Waals surface area contributed by atoms with Gasteiger partial charge in [0.1, 0.15) is 5.82 Å². The van der Waals surface area contributed by atoms with E-state index in [1.54, 1.807) is 12.1 Å². The number of sulfone groups is 1. The minimum Gasteiger partial charge on any atom is -0.361 e. The molecular formula is C21H18ClFN2O2S. The standard InChI is InChI=1S/C21H18ClFN2O2S/c1-28(26,27)11-14-6-16(23)8-18-19(10-25-21(14)18)20(17-7-13(17)9-24)12-2-4-15(22)5-3-12/h2-6,8,10,13,17,20,25H,7,11H2,1H3. The first kappa shape index (κ1) is 19.0. The molecule has 0 amide bonds. The van der Waals surface area contributed by atoms with Gasteiger partial charge in [-0.25, -0.2) is 12.8 Å². The van der Waals surface area contributed by atoms with E-state index in [0.717, 1.165) is 23.8 Å². The molecule has 4 nitrogen and oxygen atoms in total. The molecule has 3 unspecified atom stereocenters. The van der Waals surface area contributed by atoms with Crippen LogP contribution in [0.15, 0.2) is 42.6 Å². The quantitative estimate of drug-likeness (QED) is 0.649. The molecule has 1 fully saturated rings. The van der Waals surface area contributed by atoms with Crippen molar-refractivity contribution in [3.63, 3.8) is 0 Å². The lowest BCUT2D eigenvalue weighted by atomic mass is 9.86. The highest BCUT2D eigenvalue weighted by Crippen LogP contribution is 2.52. The van der Waals surface area contributed by atoms with Crippen LogP contribution in [-0.4, -0.2) is 19.7 Å². The minimum atomic E-state index is -3.31. The average molecular weight is 417 g/mol. The van der Waals surface area contributed by atoms with Crippen LogP contribution in [0.25, 0.3) is 10.9 Å². The van der Waals surface area contributed by atoms with Crippen LogP contribution in [0.1, 0.15) is 29.0 Å². The van der Waals surface area contributed by atoms with E-state index < -0.39 is 15.7 Å². The number of H-pyrrole nitrogens is 1. The Labute approximate surface area is 167 Å². The van der Waals surface area contributed by atoms with Gasteiger partial charge in [-0.05, 0) is 53.3 Å². The van der Waals surface area contributed by atoms with Crippen molar-refractivity contribution in [3.05, 3.63) is 70.1 Å². The van der Waals surface area contributed by atoms with Crippen molar-refractivity contribution in [2.75, 3.05) is 6.26 Å². The zero-order valence-corrected chi connectivity index (χ0v) is 16.7. The molecule has 3 atom stereocenters. The van der Waals surface area contributed by atoms with Crippen molar-refractivity contribution in [3.8, 4) is 6.07 Å². The van der Waals surface area contributed by atoms with E-state index in [1.165, 1.54) is 12.1 Å². The molecule has 1 N–H and O–H groups in total. The Balaban J connectivity index is 1.87. The van der Waals surface area contributed by atoms with Gasteiger partial charge in [0.2, 0.25) is 0 Å². The van der Waals surface area contributed by atoms with Crippen molar-refractivity contribution >= 4 is 32.3 Å². The second kappa shape index (κ2) is 6.91. The molecule has 1 aliphatic rings. The number of aromatic nitrogens is 1. The number of rotatable bonds is 5. The topological polar surface area (TPSA) is 73.7 Å². The van der Waals surface area contributed by atoms with Crippen LogP contribution < -0.4 is 0 Å². The Morgan fingerprint density at radius 3 is 2.64 bits per heavy atom. The van der Waals surface area contributed by atoms with Gasteiger partial charge in [0.15, 0.2) is 9.84 Å². The number of nitriles is 1. The zero-order valence-electron chi connectivity index (χ0n) is 15.1. The van der Waals surface area contributed by atoms with Gasteiger partial charge >= 0.3 is 0 Å². The van der Waals surface area contributed by atoms with Gasteiger partial charge in [-0.2, -0.15) is 5.26 Å². The van der Waals surface area contributed by atoms with Crippen LogP contribution in [0.3, 0.4) is 0 Å². The zero-order chi connectivity index (χ0) is 20.1. The highest BCUT2D eigenvalue weighted by molar-refractivity contribution is 7.89. The molecule has 1 heterocycles. The number of hydrogen-bond acceptors (Lipinski definition) is 3. The smallest absolute Gasteiger partial charge is 0.151 e. The second-order valence-corrected chi connectivity index (χ2v) is 10.0. The van der Waals surface area contributed by atoms with E-state index in [-0.39, 0.29) is 23.5 Å². The Bertz CT molecular complexity index is 1200. The summed E-state index contributed by atoms with van der Waals surface area (Å²) in [5.41, 5.74) is 2.90. The van der Waals surface area contributed by atoms with Gasteiger partial charge < -0.3 is 4.98 Å². The van der Waals surface area contributed by atoms with Crippen molar-refractivity contribution in [1.29, 1.82) is 5.26 Å². The Hall–Kier alpha value is -2.36. The number of halogens is 2. The summed E-state index contributed by atoms with van der Waals surface area (Å²) >= 11 is 6.03. The van der Waals surface area contributed by atoms with Gasteiger partial charge in [-0.1, -0.05) is 23.7 Å². The van der Waals surface area contributed by atoms with Crippen molar-refractivity contribution in [2.45, 2.75) is 18.1 Å². The van der Waals surface area contributed by atoms with Crippen LogP contribution in [0.5, 0.6) is 0 Å². The monoisotopic (exact) mass is 416 g/mol. The number of fused-ring (bicyclic) bond motifs is 1. The fourth-order valence-corrected chi connectivity index (χ4v) is 4.92. The molecule has 0 bridgehead atoms. The van der Waals surface area contributed by atoms with E-state index in [0.29, 0.717) is 21.5 Å². The van der Waals surface area contributed by atoms with Crippen molar-refractivity contribution in [2.24, 2.45) is 11.8 Å². The van der Waals surface area contributed by atoms with Gasteiger partial charge in [0.25, 0.3) is 0 Å². The summed E-state index contributed by atoms with van der Waals surface area (Å²) in [6.45, 7) is 0. The summed E-state index contributed by atoms with van der Waals surface area (Å²) < 4.78 is 37.9. The normalized spacial score (nSPS) is 20.1. The first-order valence-corrected chi connectivity index (χ1v) is 11.3. The Morgan fingerprint density at radius 1 is 1.32 bits per heavy atom. The number of nitrogens with one attached hydrogen (secondary N) is 1. The predicted molar refractivity (Wildman–Crippen MR) is 107 cm³/mol. The molecule has 1 aliphatic carbocycles. The molecule has 1 saturated carbocycles. The molecule has 144 valence electrons. The lowest BCUT2D eigenvalue weighted by Crippen LogP contribution is -2.05. The van der Waals surface area contributed by atoms with Crippen molar-refractivity contribution < 1.29 is 12.8 Å². The van der Waals surface area contributed by atoms with Crippen LogP contribution in [-0.2, 0) is 15.6 Å². The summed E-state index contributed by atoms with van der Waals surface area (Å²) in [7, 11) is -3.31. The molecule has 0 radical (unpaired) electrons. The summed E-state index contributed by atoms with van der Waals surface area (Å²) in [6.07, 6.45) is 3.72. The van der Waals surface area contributed by atoms with Crippen LogP contribution in [0.2, 0.25) is 5.02 Å². The maximum atomic E-state index is 14.3. The van der Waals surface area contributed by atoms with Crippen LogP contribution in [0, 0.1) is 29.0 Å². The minimum absolute atomic E-state index is 0.0466. The lowest BCUT2D eigenvalue weighted by molar-refractivity contribution is 0.600. The highest BCUT2D eigenvalue weighted by atomic mass is 35.5. The maximum Gasteiger partial charge on any atom is 0.151 e. The molecule has 28 heavy (non-hydrogen) atoms. The summed E-state index contributed by atoms with van der Waals surface area (Å²) in [6, 6.07) is 12.5. The fourth-order valence-electron chi connectivity index (χ4n) is 4.00. The van der Waals surface area contributed by atoms with E-state index >= 15 is 0 Å². The van der Waals surface area contributed by atoms with Gasteiger partial charge in [-0.15, -0.1) is 0 Å². The average Bonchev–Trinajstić information content (AvgIpc) is 3.27. The van der Waals surface area contributed by atoms with E-state index in [4.69, 9.17) is 11.6 Å². The maximum absolute atomic E-state index is 14.3. The third kappa shape index (κ3) is 3.65. The first-order chi connectivity index (χ1) is 13.3. The third-order valence-electron chi connectivity index (χ3n) is 5.28. The summed E-state index contributed by atoms with van der Waals surface area (Å²) in [4.78, 5) is 3.14. The molecular weight excluding hydrogens is 399 g/mol. The van der Waals surface area contributed by atoms with E-state index in [2.05, 4.69) is 11.1 Å². The number of hydrogen-bond donors (Lipinski definition) is 1. The fraction of sp³-hybridized carbons (Fsp3) is 0.286. The van der Waals surface area contributed by atoms with Gasteiger partial charge in [0, 0.05) is 28.8 Å². The molecule has 1 aromatic heterocycles. The Kier molecular flexibility index (Phi) is 4.68. The lowest BCUT2D eigenvalue weighted by Gasteiger charge is -2.17. The molecule has 2 aromatic carbocycles. The molecule has 0 saturated heterocycles. The summed E-state index contributed by atoms with van der Waals surface area (Å²) in [5.74, 6) is -0.726. The second-order valence-electron chi connectivity index (χ2n) is 7.47. The first-order valence-electron chi connectivity index (χ1n) is 8.89.